The summed E-state index contributed by atoms with van der Waals surface area (Å²) >= 11 is 0. The lowest BCUT2D eigenvalue weighted by Crippen LogP contribution is -2.13. The summed E-state index contributed by atoms with van der Waals surface area (Å²) in [6.07, 6.45) is 1.14. The molecule has 2 rings (SSSR count). The Morgan fingerprint density at radius 1 is 1.11 bits per heavy atom. The number of nitrogens with zero attached hydrogens (tertiary/aromatic N) is 1. The van der Waals surface area contributed by atoms with Crippen LogP contribution in [0.25, 0.3) is 0 Å². The molecule has 0 radical (unpaired) electrons. The highest BCUT2D eigenvalue weighted by molar-refractivity contribution is 6.03. The van der Waals surface area contributed by atoms with Crippen LogP contribution in [0.3, 0.4) is 0 Å². The van der Waals surface area contributed by atoms with Gasteiger partial charge in [-0.3, -0.25) is 4.79 Å². The summed E-state index contributed by atoms with van der Waals surface area (Å²) in [6.45, 7) is 0. The Bertz CT molecular complexity index is 609. The summed E-state index contributed by atoms with van der Waals surface area (Å²) in [5.74, 6) is -0.318. The molecule has 1 amide bonds. The van der Waals surface area contributed by atoms with E-state index in [2.05, 4.69) is 9.73 Å². The van der Waals surface area contributed by atoms with Crippen LogP contribution in [0.2, 0.25) is 0 Å². The van der Waals surface area contributed by atoms with Gasteiger partial charge in [0.1, 0.15) is 6.26 Å². The van der Waals surface area contributed by atoms with Crippen molar-refractivity contribution in [1.82, 2.24) is 0 Å². The van der Waals surface area contributed by atoms with Gasteiger partial charge in [0.25, 0.3) is 5.91 Å². The van der Waals surface area contributed by atoms with E-state index >= 15 is 0 Å². The van der Waals surface area contributed by atoms with Crippen LogP contribution in [0.5, 0.6) is 0 Å². The second-order valence-electron chi connectivity index (χ2n) is 4.24. The molecule has 0 saturated heterocycles. The molecule has 1 aromatic heterocycles. The zero-order valence-corrected chi connectivity index (χ0v) is 10.7. The Labute approximate surface area is 110 Å². The van der Waals surface area contributed by atoms with Crippen molar-refractivity contribution in [3.05, 3.63) is 58.6 Å². The van der Waals surface area contributed by atoms with Crippen molar-refractivity contribution in [2.24, 2.45) is 0 Å². The average molecular weight is 258 g/mol. The van der Waals surface area contributed by atoms with Crippen LogP contribution in [0.4, 0.5) is 11.4 Å². The van der Waals surface area contributed by atoms with E-state index in [1.165, 1.54) is 12.1 Å². The number of benzene rings is 1. The number of rotatable bonds is 3. The van der Waals surface area contributed by atoms with E-state index in [-0.39, 0.29) is 5.91 Å². The molecule has 0 spiro atoms. The normalized spacial score (nSPS) is 10.0. The fraction of sp³-hybridized carbons (Fsp3) is 0.143. The first-order chi connectivity index (χ1) is 9.06. The van der Waals surface area contributed by atoms with Gasteiger partial charge in [0.05, 0.1) is 5.56 Å². The van der Waals surface area contributed by atoms with Crippen molar-refractivity contribution in [3.8, 4) is 0 Å². The van der Waals surface area contributed by atoms with Gasteiger partial charge < -0.3 is 14.6 Å². The monoisotopic (exact) mass is 258 g/mol. The molecular weight excluding hydrogens is 244 g/mol. The Kier molecular flexibility index (Phi) is 3.66. The zero-order chi connectivity index (χ0) is 13.8. The second kappa shape index (κ2) is 5.39. The van der Waals surface area contributed by atoms with Crippen molar-refractivity contribution in [3.63, 3.8) is 0 Å². The minimum absolute atomic E-state index is 0.302. The predicted octanol–water partition coefficient (Wildman–Crippen LogP) is 1.96. The van der Waals surface area contributed by atoms with E-state index < -0.39 is 5.63 Å². The van der Waals surface area contributed by atoms with E-state index in [9.17, 15) is 9.59 Å². The topological polar surface area (TPSA) is 62.6 Å². The predicted molar refractivity (Wildman–Crippen MR) is 73.7 cm³/mol. The van der Waals surface area contributed by atoms with Crippen LogP contribution in [0.1, 0.15) is 10.4 Å². The molecule has 0 unspecified atom stereocenters. The molecule has 1 N–H and O–H groups in total. The fourth-order valence-corrected chi connectivity index (χ4v) is 1.53. The third kappa shape index (κ3) is 3.22. The fourth-order valence-electron chi connectivity index (χ4n) is 1.53. The number of hydrogen-bond acceptors (Lipinski definition) is 4. The molecule has 19 heavy (non-hydrogen) atoms. The highest BCUT2D eigenvalue weighted by Crippen LogP contribution is 2.16. The number of hydrogen-bond donors (Lipinski definition) is 1. The van der Waals surface area contributed by atoms with E-state index in [0.717, 1.165) is 12.0 Å². The third-order valence-electron chi connectivity index (χ3n) is 2.60. The van der Waals surface area contributed by atoms with Crippen LogP contribution in [-0.4, -0.2) is 20.0 Å². The first-order valence-electron chi connectivity index (χ1n) is 5.74. The van der Waals surface area contributed by atoms with E-state index in [1.807, 2.05) is 43.3 Å². The first-order valence-corrected chi connectivity index (χ1v) is 5.74. The van der Waals surface area contributed by atoms with Gasteiger partial charge in [0.2, 0.25) is 0 Å². The number of anilines is 2. The quantitative estimate of drug-likeness (QED) is 0.914. The van der Waals surface area contributed by atoms with Crippen molar-refractivity contribution < 1.29 is 9.21 Å². The summed E-state index contributed by atoms with van der Waals surface area (Å²) < 4.78 is 4.64. The maximum atomic E-state index is 11.9. The number of carbonyl (C=O) groups is 1. The summed E-state index contributed by atoms with van der Waals surface area (Å²) in [6, 6.07) is 10.1. The molecule has 1 heterocycles. The van der Waals surface area contributed by atoms with Crippen LogP contribution >= 0.6 is 0 Å². The highest BCUT2D eigenvalue weighted by atomic mass is 16.4. The zero-order valence-electron chi connectivity index (χ0n) is 10.7. The molecular formula is C14H14N2O3. The molecule has 5 nitrogen and oxygen atoms in total. The third-order valence-corrected chi connectivity index (χ3v) is 2.60. The van der Waals surface area contributed by atoms with Crippen LogP contribution in [-0.2, 0) is 0 Å². The summed E-state index contributed by atoms with van der Waals surface area (Å²) in [4.78, 5) is 24.6. The Balaban J connectivity index is 2.10. The van der Waals surface area contributed by atoms with E-state index in [4.69, 9.17) is 0 Å². The summed E-state index contributed by atoms with van der Waals surface area (Å²) in [5.41, 5.74) is 1.55. The van der Waals surface area contributed by atoms with Crippen LogP contribution in [0, 0.1) is 0 Å². The van der Waals surface area contributed by atoms with Crippen molar-refractivity contribution in [2.45, 2.75) is 0 Å². The van der Waals surface area contributed by atoms with Crippen molar-refractivity contribution >= 4 is 17.3 Å². The molecule has 0 atom stereocenters. The standard InChI is InChI=1S/C14H14N2O3/c1-16(2)12-6-4-11(5-7-12)15-14(18)10-3-8-13(17)19-9-10/h3-9H,1-2H3,(H,15,18). The van der Waals surface area contributed by atoms with E-state index in [0.29, 0.717) is 11.3 Å². The van der Waals surface area contributed by atoms with Crippen molar-refractivity contribution in [2.75, 3.05) is 24.3 Å². The lowest BCUT2D eigenvalue weighted by atomic mass is 10.2. The van der Waals surface area contributed by atoms with Crippen LogP contribution < -0.4 is 15.8 Å². The SMILES string of the molecule is CN(C)c1ccc(NC(=O)c2ccc(=O)oc2)cc1. The molecule has 5 heteroatoms. The molecule has 0 bridgehead atoms. The Morgan fingerprint density at radius 2 is 1.79 bits per heavy atom. The molecule has 1 aromatic carbocycles. The van der Waals surface area contributed by atoms with Gasteiger partial charge in [-0.25, -0.2) is 4.79 Å². The molecule has 0 saturated carbocycles. The van der Waals surface area contributed by atoms with Gasteiger partial charge in [-0.1, -0.05) is 0 Å². The summed E-state index contributed by atoms with van der Waals surface area (Å²) in [5, 5.41) is 2.72. The molecule has 0 aliphatic rings. The van der Waals surface area contributed by atoms with Crippen LogP contribution in [0.15, 0.2) is 51.9 Å². The van der Waals surface area contributed by atoms with Gasteiger partial charge in [-0.15, -0.1) is 0 Å². The molecule has 98 valence electrons. The average Bonchev–Trinajstić information content (AvgIpc) is 2.40. The largest absolute Gasteiger partial charge is 0.430 e. The minimum Gasteiger partial charge on any atom is -0.430 e. The van der Waals surface area contributed by atoms with Gasteiger partial charge >= 0.3 is 5.63 Å². The Morgan fingerprint density at radius 3 is 2.32 bits per heavy atom. The molecule has 0 fully saturated rings. The second-order valence-corrected chi connectivity index (χ2v) is 4.24. The van der Waals surface area contributed by atoms with Gasteiger partial charge in [0.15, 0.2) is 0 Å². The smallest absolute Gasteiger partial charge is 0.335 e. The highest BCUT2D eigenvalue weighted by Gasteiger charge is 2.07. The van der Waals surface area contributed by atoms with Gasteiger partial charge in [-0.2, -0.15) is 0 Å². The summed E-state index contributed by atoms with van der Waals surface area (Å²) in [7, 11) is 3.89. The van der Waals surface area contributed by atoms with E-state index in [1.54, 1.807) is 0 Å². The molecule has 0 aliphatic carbocycles. The first kappa shape index (κ1) is 12.9. The molecule has 0 aliphatic heterocycles. The molecule has 2 aromatic rings. The number of nitrogens with one attached hydrogen (secondary N) is 1. The maximum Gasteiger partial charge on any atom is 0.335 e. The lowest BCUT2D eigenvalue weighted by molar-refractivity contribution is 0.102. The Hall–Kier alpha value is -2.56. The maximum absolute atomic E-state index is 11.9. The number of amides is 1. The number of carbonyl (C=O) groups excluding carboxylic acids is 1. The lowest BCUT2D eigenvalue weighted by Gasteiger charge is -2.12. The van der Waals surface area contributed by atoms with Crippen molar-refractivity contribution in [1.29, 1.82) is 0 Å². The minimum atomic E-state index is -0.480. The van der Waals surface area contributed by atoms with Gasteiger partial charge in [0, 0.05) is 31.5 Å². The van der Waals surface area contributed by atoms with Gasteiger partial charge in [-0.05, 0) is 30.3 Å².